The fraction of sp³-hybridized carbons (Fsp3) is 0.727. The molecule has 0 N–H and O–H groups in total. The van der Waals surface area contributed by atoms with Gasteiger partial charge in [0.25, 0.3) is 0 Å². The van der Waals surface area contributed by atoms with Gasteiger partial charge in [0.1, 0.15) is 5.83 Å². The Kier molecular flexibility index (Phi) is 7.56. The van der Waals surface area contributed by atoms with Crippen LogP contribution in [0.5, 0.6) is 0 Å². The average Bonchev–Trinajstić information content (AvgIpc) is 2.11. The van der Waals surface area contributed by atoms with E-state index in [0.717, 1.165) is 31.8 Å². The maximum absolute atomic E-state index is 12.9. The molecule has 13 heavy (non-hydrogen) atoms. The molecule has 0 aliphatic rings. The van der Waals surface area contributed by atoms with Crippen molar-refractivity contribution >= 4 is 5.78 Å². The first-order valence-electron chi connectivity index (χ1n) is 5.09. The van der Waals surface area contributed by atoms with E-state index in [-0.39, 0.29) is 11.6 Å². The minimum absolute atomic E-state index is 0.0737. The second kappa shape index (κ2) is 7.96. The maximum atomic E-state index is 12.9. The summed E-state index contributed by atoms with van der Waals surface area (Å²) in [6, 6.07) is 0. The van der Waals surface area contributed by atoms with Gasteiger partial charge in [-0.05, 0) is 19.3 Å². The van der Waals surface area contributed by atoms with Crippen molar-refractivity contribution in [3.05, 3.63) is 11.9 Å². The molecule has 0 fully saturated rings. The van der Waals surface area contributed by atoms with Gasteiger partial charge in [0.15, 0.2) is 5.78 Å². The van der Waals surface area contributed by atoms with E-state index in [9.17, 15) is 9.18 Å². The van der Waals surface area contributed by atoms with E-state index in [1.54, 1.807) is 0 Å². The molecule has 0 aromatic carbocycles. The molecule has 0 aliphatic carbocycles. The van der Waals surface area contributed by atoms with Gasteiger partial charge in [-0.25, -0.2) is 4.39 Å². The number of ketones is 1. The Hall–Kier alpha value is -0.660. The summed E-state index contributed by atoms with van der Waals surface area (Å²) in [5.74, 6) is -0.335. The van der Waals surface area contributed by atoms with Gasteiger partial charge >= 0.3 is 0 Å². The van der Waals surface area contributed by atoms with Gasteiger partial charge in [-0.3, -0.25) is 4.79 Å². The number of allylic oxidation sites excluding steroid dienone is 2. The van der Waals surface area contributed by atoms with Crippen LogP contribution in [0.25, 0.3) is 0 Å². The molecule has 0 amide bonds. The van der Waals surface area contributed by atoms with Gasteiger partial charge in [-0.2, -0.15) is 0 Å². The summed E-state index contributed by atoms with van der Waals surface area (Å²) in [6.45, 7) is 4.02. The molecule has 0 saturated carbocycles. The molecule has 0 spiro atoms. The number of hydrogen-bond donors (Lipinski definition) is 0. The summed E-state index contributed by atoms with van der Waals surface area (Å²) in [5, 5.41) is 0. The smallest absolute Gasteiger partial charge is 0.158 e. The topological polar surface area (TPSA) is 17.1 Å². The Bertz CT molecular complexity index is 173. The molecule has 0 aliphatic heterocycles. The highest BCUT2D eigenvalue weighted by molar-refractivity contribution is 5.89. The molecule has 0 aromatic rings. The lowest BCUT2D eigenvalue weighted by molar-refractivity contribution is -0.114. The first-order valence-corrected chi connectivity index (χ1v) is 5.09. The van der Waals surface area contributed by atoms with Crippen molar-refractivity contribution in [1.82, 2.24) is 0 Å². The van der Waals surface area contributed by atoms with Crippen LogP contribution >= 0.6 is 0 Å². The summed E-state index contributed by atoms with van der Waals surface area (Å²) in [5.41, 5.74) is 0. The molecule has 0 heterocycles. The van der Waals surface area contributed by atoms with E-state index in [1.165, 1.54) is 0 Å². The van der Waals surface area contributed by atoms with Gasteiger partial charge in [-0.1, -0.05) is 26.7 Å². The number of rotatable bonds is 7. The molecule has 0 radical (unpaired) electrons. The standard InChI is InChI=1S/C11H19FO/c1-3-5-7-10(12)9-11(13)8-6-4-2/h9H,3-8H2,1-2H3/b10-9-. The van der Waals surface area contributed by atoms with E-state index in [0.29, 0.717) is 12.8 Å². The minimum atomic E-state index is -0.261. The molecule has 0 unspecified atom stereocenters. The molecule has 0 atom stereocenters. The van der Waals surface area contributed by atoms with Crippen molar-refractivity contribution in [2.75, 3.05) is 0 Å². The maximum Gasteiger partial charge on any atom is 0.158 e. The monoisotopic (exact) mass is 186 g/mol. The Morgan fingerprint density at radius 1 is 1.15 bits per heavy atom. The van der Waals surface area contributed by atoms with Crippen LogP contribution in [0.1, 0.15) is 52.4 Å². The molecule has 0 bridgehead atoms. The Morgan fingerprint density at radius 3 is 2.23 bits per heavy atom. The van der Waals surface area contributed by atoms with Gasteiger partial charge in [0, 0.05) is 12.5 Å². The quantitative estimate of drug-likeness (QED) is 0.553. The molecule has 0 aromatic heterocycles. The fourth-order valence-electron chi connectivity index (χ4n) is 1.02. The second-order valence-corrected chi connectivity index (χ2v) is 3.26. The fourth-order valence-corrected chi connectivity index (χ4v) is 1.02. The molecule has 0 rings (SSSR count). The second-order valence-electron chi connectivity index (χ2n) is 3.26. The third-order valence-electron chi connectivity index (χ3n) is 1.86. The lowest BCUT2D eigenvalue weighted by Gasteiger charge is -1.95. The van der Waals surface area contributed by atoms with Crippen LogP contribution in [0.2, 0.25) is 0 Å². The predicted octanol–water partition coefficient (Wildman–Crippen LogP) is 3.79. The molecule has 0 saturated heterocycles. The van der Waals surface area contributed by atoms with Crippen molar-refractivity contribution in [1.29, 1.82) is 0 Å². The number of halogens is 1. The highest BCUT2D eigenvalue weighted by Crippen LogP contribution is 2.09. The van der Waals surface area contributed by atoms with Crippen LogP contribution in [0.15, 0.2) is 11.9 Å². The van der Waals surface area contributed by atoms with Crippen molar-refractivity contribution < 1.29 is 9.18 Å². The SMILES string of the molecule is CCCCC(=O)/C=C(\F)CCCC. The van der Waals surface area contributed by atoms with Crippen LogP contribution in [-0.2, 0) is 4.79 Å². The largest absolute Gasteiger partial charge is 0.295 e. The zero-order valence-corrected chi connectivity index (χ0v) is 8.61. The normalized spacial score (nSPS) is 11.8. The Balaban J connectivity index is 3.70. The van der Waals surface area contributed by atoms with E-state index in [2.05, 4.69) is 0 Å². The highest BCUT2D eigenvalue weighted by Gasteiger charge is 2.00. The van der Waals surface area contributed by atoms with Crippen molar-refractivity contribution in [3.8, 4) is 0 Å². The van der Waals surface area contributed by atoms with Crippen LogP contribution in [0.4, 0.5) is 4.39 Å². The molecule has 76 valence electrons. The Morgan fingerprint density at radius 2 is 1.69 bits per heavy atom. The molecular formula is C11H19FO. The number of carbonyl (C=O) groups excluding carboxylic acids is 1. The summed E-state index contributed by atoms with van der Waals surface area (Å²) < 4.78 is 12.9. The Labute approximate surface area is 80.0 Å². The summed E-state index contributed by atoms with van der Waals surface area (Å²) >= 11 is 0. The first kappa shape index (κ1) is 12.3. The average molecular weight is 186 g/mol. The number of carbonyl (C=O) groups is 1. The highest BCUT2D eigenvalue weighted by atomic mass is 19.1. The van der Waals surface area contributed by atoms with Crippen LogP contribution in [0, 0.1) is 0 Å². The van der Waals surface area contributed by atoms with Crippen molar-refractivity contribution in [3.63, 3.8) is 0 Å². The lowest BCUT2D eigenvalue weighted by Crippen LogP contribution is -1.93. The van der Waals surface area contributed by atoms with Gasteiger partial charge < -0.3 is 0 Å². The third kappa shape index (κ3) is 7.69. The van der Waals surface area contributed by atoms with E-state index in [4.69, 9.17) is 0 Å². The van der Waals surface area contributed by atoms with Gasteiger partial charge in [0.2, 0.25) is 0 Å². The van der Waals surface area contributed by atoms with Gasteiger partial charge in [-0.15, -0.1) is 0 Å². The number of hydrogen-bond acceptors (Lipinski definition) is 1. The van der Waals surface area contributed by atoms with E-state index >= 15 is 0 Å². The summed E-state index contributed by atoms with van der Waals surface area (Å²) in [4.78, 5) is 11.1. The van der Waals surface area contributed by atoms with Crippen molar-refractivity contribution in [2.45, 2.75) is 52.4 Å². The zero-order valence-electron chi connectivity index (χ0n) is 8.61. The van der Waals surface area contributed by atoms with E-state index < -0.39 is 0 Å². The van der Waals surface area contributed by atoms with E-state index in [1.807, 2.05) is 13.8 Å². The lowest BCUT2D eigenvalue weighted by atomic mass is 10.1. The summed E-state index contributed by atoms with van der Waals surface area (Å²) in [7, 11) is 0. The third-order valence-corrected chi connectivity index (χ3v) is 1.86. The molecular weight excluding hydrogens is 167 g/mol. The molecule has 2 heteroatoms. The number of unbranched alkanes of at least 4 members (excludes halogenated alkanes) is 2. The zero-order chi connectivity index (χ0) is 10.1. The van der Waals surface area contributed by atoms with Crippen LogP contribution in [0.3, 0.4) is 0 Å². The van der Waals surface area contributed by atoms with Crippen molar-refractivity contribution in [2.24, 2.45) is 0 Å². The molecule has 1 nitrogen and oxygen atoms in total. The van der Waals surface area contributed by atoms with Gasteiger partial charge in [0.05, 0.1) is 0 Å². The predicted molar refractivity (Wildman–Crippen MR) is 53.2 cm³/mol. The van der Waals surface area contributed by atoms with Crippen LogP contribution < -0.4 is 0 Å². The first-order chi connectivity index (χ1) is 6.20. The minimum Gasteiger partial charge on any atom is -0.295 e. The van der Waals surface area contributed by atoms with Crippen LogP contribution in [-0.4, -0.2) is 5.78 Å². The summed E-state index contributed by atoms with van der Waals surface area (Å²) in [6.07, 6.45) is 5.68.